The molecule has 1 rings (SSSR count). The zero-order valence-corrected chi connectivity index (χ0v) is 17.5. The van der Waals surface area contributed by atoms with E-state index in [-0.39, 0.29) is 48.0 Å². The Morgan fingerprint density at radius 1 is 1.33 bits per heavy atom. The molecule has 1 saturated heterocycles. The SMILES string of the molecule is CN=C(NCC(C)C(=O)OC)NC1CN(C(=O)OC(C)(C)C)C1.I. The minimum Gasteiger partial charge on any atom is -0.469 e. The van der Waals surface area contributed by atoms with E-state index in [1.165, 1.54) is 7.11 Å². The predicted molar refractivity (Wildman–Crippen MR) is 103 cm³/mol. The van der Waals surface area contributed by atoms with Crippen molar-refractivity contribution in [1.29, 1.82) is 0 Å². The van der Waals surface area contributed by atoms with Gasteiger partial charge in [0, 0.05) is 26.7 Å². The van der Waals surface area contributed by atoms with Crippen LogP contribution in [0.15, 0.2) is 4.99 Å². The van der Waals surface area contributed by atoms with Crippen molar-refractivity contribution in [1.82, 2.24) is 15.5 Å². The summed E-state index contributed by atoms with van der Waals surface area (Å²) in [7, 11) is 3.02. The van der Waals surface area contributed by atoms with Crippen molar-refractivity contribution in [2.75, 3.05) is 33.8 Å². The molecule has 0 aromatic carbocycles. The second kappa shape index (κ2) is 9.90. The molecule has 1 unspecified atom stereocenters. The third kappa shape index (κ3) is 7.54. The summed E-state index contributed by atoms with van der Waals surface area (Å²) in [4.78, 5) is 28.9. The lowest BCUT2D eigenvalue weighted by Crippen LogP contribution is -2.63. The average Bonchev–Trinajstić information content (AvgIpc) is 2.41. The molecule has 0 saturated carbocycles. The number of halogens is 1. The van der Waals surface area contributed by atoms with Gasteiger partial charge in [0.05, 0.1) is 19.1 Å². The van der Waals surface area contributed by atoms with Crippen LogP contribution in [0.4, 0.5) is 4.79 Å². The summed E-state index contributed by atoms with van der Waals surface area (Å²) in [5.41, 5.74) is -0.489. The van der Waals surface area contributed by atoms with Crippen molar-refractivity contribution in [2.45, 2.75) is 39.3 Å². The topological polar surface area (TPSA) is 92.3 Å². The van der Waals surface area contributed by atoms with E-state index in [0.29, 0.717) is 25.6 Å². The lowest BCUT2D eigenvalue weighted by molar-refractivity contribution is -0.144. The van der Waals surface area contributed by atoms with Crippen LogP contribution in [0.1, 0.15) is 27.7 Å². The first kappa shape index (κ1) is 22.7. The van der Waals surface area contributed by atoms with Crippen molar-refractivity contribution in [3.8, 4) is 0 Å². The second-order valence-corrected chi connectivity index (χ2v) is 6.60. The van der Waals surface area contributed by atoms with E-state index in [1.807, 2.05) is 20.8 Å². The fourth-order valence-corrected chi connectivity index (χ4v) is 1.97. The van der Waals surface area contributed by atoms with Gasteiger partial charge in [0.25, 0.3) is 0 Å². The monoisotopic (exact) mass is 456 g/mol. The molecule has 1 aliphatic heterocycles. The van der Waals surface area contributed by atoms with Crippen LogP contribution in [0.25, 0.3) is 0 Å². The molecule has 9 heteroatoms. The molecule has 0 aromatic rings. The molecule has 2 N–H and O–H groups in total. The number of guanidine groups is 1. The maximum absolute atomic E-state index is 11.8. The maximum atomic E-state index is 11.8. The highest BCUT2D eigenvalue weighted by molar-refractivity contribution is 14.0. The van der Waals surface area contributed by atoms with Gasteiger partial charge in [0.2, 0.25) is 0 Å². The van der Waals surface area contributed by atoms with Crippen molar-refractivity contribution in [3.63, 3.8) is 0 Å². The number of hydrogen-bond donors (Lipinski definition) is 2. The fraction of sp³-hybridized carbons (Fsp3) is 0.800. The van der Waals surface area contributed by atoms with E-state index < -0.39 is 5.60 Å². The molecule has 1 heterocycles. The van der Waals surface area contributed by atoms with E-state index in [2.05, 4.69) is 20.4 Å². The van der Waals surface area contributed by atoms with Crippen LogP contribution < -0.4 is 10.6 Å². The number of likely N-dealkylation sites (tertiary alicyclic amines) is 1. The van der Waals surface area contributed by atoms with Gasteiger partial charge < -0.3 is 25.0 Å². The van der Waals surface area contributed by atoms with E-state index >= 15 is 0 Å². The number of hydrogen-bond acceptors (Lipinski definition) is 5. The number of rotatable bonds is 4. The van der Waals surface area contributed by atoms with Gasteiger partial charge >= 0.3 is 12.1 Å². The van der Waals surface area contributed by atoms with Crippen LogP contribution in [-0.4, -0.2) is 68.4 Å². The van der Waals surface area contributed by atoms with E-state index in [4.69, 9.17) is 4.74 Å². The third-order valence-electron chi connectivity index (χ3n) is 3.28. The Bertz CT molecular complexity index is 459. The smallest absolute Gasteiger partial charge is 0.410 e. The maximum Gasteiger partial charge on any atom is 0.410 e. The first-order valence-electron chi connectivity index (χ1n) is 7.69. The number of nitrogens with zero attached hydrogens (tertiary/aromatic N) is 2. The zero-order valence-electron chi connectivity index (χ0n) is 15.2. The van der Waals surface area contributed by atoms with Gasteiger partial charge in [-0.1, -0.05) is 6.92 Å². The lowest BCUT2D eigenvalue weighted by atomic mass is 10.1. The van der Waals surface area contributed by atoms with Crippen LogP contribution in [0.3, 0.4) is 0 Å². The van der Waals surface area contributed by atoms with Gasteiger partial charge in [-0.2, -0.15) is 0 Å². The quantitative estimate of drug-likeness (QED) is 0.286. The van der Waals surface area contributed by atoms with Crippen molar-refractivity contribution >= 4 is 42.0 Å². The van der Waals surface area contributed by atoms with E-state index in [9.17, 15) is 9.59 Å². The number of amides is 1. The fourth-order valence-electron chi connectivity index (χ4n) is 1.97. The van der Waals surface area contributed by atoms with E-state index in [1.54, 1.807) is 18.9 Å². The number of ether oxygens (including phenoxy) is 2. The lowest BCUT2D eigenvalue weighted by Gasteiger charge is -2.40. The Balaban J connectivity index is 0.00000529. The summed E-state index contributed by atoms with van der Waals surface area (Å²) in [5, 5.41) is 6.27. The standard InChI is InChI=1S/C15H28N4O4.HI/c1-10(12(20)22-6)7-17-13(16-5)18-11-8-19(9-11)14(21)23-15(2,3)4;/h10-11H,7-9H2,1-6H3,(H2,16,17,18);1H. The summed E-state index contributed by atoms with van der Waals surface area (Å²) in [6.45, 7) is 8.84. The Morgan fingerprint density at radius 3 is 2.38 bits per heavy atom. The summed E-state index contributed by atoms with van der Waals surface area (Å²) in [6, 6.07) is 0.113. The van der Waals surface area contributed by atoms with E-state index in [0.717, 1.165) is 0 Å². The first-order chi connectivity index (χ1) is 10.7. The van der Waals surface area contributed by atoms with Crippen molar-refractivity contribution < 1.29 is 19.1 Å². The molecule has 140 valence electrons. The molecular formula is C15H29IN4O4. The summed E-state index contributed by atoms with van der Waals surface area (Å²) in [6.07, 6.45) is -0.308. The number of aliphatic imine (C=N–C) groups is 1. The van der Waals surface area contributed by atoms with Gasteiger partial charge in [0.1, 0.15) is 5.60 Å². The number of nitrogens with one attached hydrogen (secondary N) is 2. The highest BCUT2D eigenvalue weighted by Gasteiger charge is 2.34. The molecule has 1 aliphatic rings. The minimum absolute atomic E-state index is 0. The number of carbonyl (C=O) groups excluding carboxylic acids is 2. The van der Waals surface area contributed by atoms with Gasteiger partial charge in [-0.25, -0.2) is 4.79 Å². The Labute approximate surface area is 160 Å². The molecule has 0 bridgehead atoms. The summed E-state index contributed by atoms with van der Waals surface area (Å²) >= 11 is 0. The Kier molecular flexibility index (Phi) is 9.38. The summed E-state index contributed by atoms with van der Waals surface area (Å²) < 4.78 is 9.98. The molecule has 0 aromatic heterocycles. The second-order valence-electron chi connectivity index (χ2n) is 6.60. The van der Waals surface area contributed by atoms with Gasteiger partial charge in [-0.15, -0.1) is 24.0 Å². The van der Waals surface area contributed by atoms with Gasteiger partial charge in [0.15, 0.2) is 5.96 Å². The average molecular weight is 456 g/mol. The van der Waals surface area contributed by atoms with Crippen LogP contribution in [0.2, 0.25) is 0 Å². The predicted octanol–water partition coefficient (Wildman–Crippen LogP) is 1.20. The summed E-state index contributed by atoms with van der Waals surface area (Å²) in [5.74, 6) is 0.0560. The molecular weight excluding hydrogens is 427 g/mol. The number of methoxy groups -OCH3 is 1. The molecule has 0 spiro atoms. The normalized spacial score (nSPS) is 16.4. The van der Waals surface area contributed by atoms with Crippen LogP contribution in [0, 0.1) is 5.92 Å². The van der Waals surface area contributed by atoms with Gasteiger partial charge in [-0.05, 0) is 20.8 Å². The minimum atomic E-state index is -0.489. The Hall–Kier alpha value is -1.26. The first-order valence-corrected chi connectivity index (χ1v) is 7.69. The van der Waals surface area contributed by atoms with Crippen molar-refractivity contribution in [2.24, 2.45) is 10.9 Å². The molecule has 1 fully saturated rings. The molecule has 1 atom stereocenters. The number of carbonyl (C=O) groups is 2. The highest BCUT2D eigenvalue weighted by Crippen LogP contribution is 2.15. The number of esters is 1. The molecule has 0 aliphatic carbocycles. The highest BCUT2D eigenvalue weighted by atomic mass is 127. The third-order valence-corrected chi connectivity index (χ3v) is 3.28. The van der Waals surface area contributed by atoms with Gasteiger partial charge in [-0.3, -0.25) is 9.79 Å². The Morgan fingerprint density at radius 2 is 1.92 bits per heavy atom. The van der Waals surface area contributed by atoms with Crippen molar-refractivity contribution in [3.05, 3.63) is 0 Å². The molecule has 0 radical (unpaired) electrons. The molecule has 24 heavy (non-hydrogen) atoms. The zero-order chi connectivity index (χ0) is 17.6. The van der Waals surface area contributed by atoms with Crippen LogP contribution in [-0.2, 0) is 14.3 Å². The molecule has 8 nitrogen and oxygen atoms in total. The largest absolute Gasteiger partial charge is 0.469 e. The van der Waals surface area contributed by atoms with Crippen LogP contribution >= 0.6 is 24.0 Å². The van der Waals surface area contributed by atoms with Crippen LogP contribution in [0.5, 0.6) is 0 Å². The molecule has 1 amide bonds.